The number of hydrogen-bond acceptors (Lipinski definition) is 9. The van der Waals surface area contributed by atoms with Gasteiger partial charge in [-0.2, -0.15) is 11.8 Å². The van der Waals surface area contributed by atoms with Gasteiger partial charge in [0.15, 0.2) is 0 Å². The van der Waals surface area contributed by atoms with Crippen LogP contribution in [0.3, 0.4) is 0 Å². The van der Waals surface area contributed by atoms with E-state index >= 15 is 0 Å². The van der Waals surface area contributed by atoms with E-state index in [4.69, 9.17) is 16.3 Å². The lowest BCUT2D eigenvalue weighted by Crippen LogP contribution is -2.63. The van der Waals surface area contributed by atoms with Gasteiger partial charge in [0.25, 0.3) is 0 Å². The van der Waals surface area contributed by atoms with E-state index in [0.717, 1.165) is 11.6 Å². The summed E-state index contributed by atoms with van der Waals surface area (Å²) in [5, 5.41) is 8.39. The molecule has 0 saturated carbocycles. The molecule has 0 aliphatic carbocycles. The monoisotopic (exact) mass is 840 g/mol. The highest BCUT2D eigenvalue weighted by atomic mass is 35.5. The molecule has 312 valence electrons. The predicted molar refractivity (Wildman–Crippen MR) is 214 cm³/mol. The zero-order chi connectivity index (χ0) is 41.8. The third-order valence-corrected chi connectivity index (χ3v) is 12.5. The molecule has 4 fully saturated rings. The van der Waals surface area contributed by atoms with E-state index in [-0.39, 0.29) is 49.0 Å². The van der Waals surface area contributed by atoms with Crippen LogP contribution in [-0.4, -0.2) is 130 Å². The molecule has 6 amide bonds. The number of hydrogen-bond donors (Lipinski definition) is 3. The lowest BCUT2D eigenvalue weighted by Gasteiger charge is -2.39. The summed E-state index contributed by atoms with van der Waals surface area (Å²) in [4.78, 5) is 103. The minimum absolute atomic E-state index is 0.00605. The number of carbonyl (C=O) groups is 7. The van der Waals surface area contributed by atoms with Crippen LogP contribution in [0.1, 0.15) is 56.7 Å². The molecule has 4 aliphatic heterocycles. The topological polar surface area (TPSA) is 175 Å². The van der Waals surface area contributed by atoms with Crippen LogP contribution in [0.2, 0.25) is 5.02 Å². The van der Waals surface area contributed by atoms with E-state index in [0.29, 0.717) is 29.9 Å². The summed E-state index contributed by atoms with van der Waals surface area (Å²) in [6, 6.07) is 4.53. The largest absolute Gasteiger partial charge is 0.458 e. The average Bonchev–Trinajstić information content (AvgIpc) is 3.84. The standard InChI is InChI=1S/C41H50ClFN6O8S/c1-22-7-5-8-26(15-22)17-30(45-34(50)18-27-10-11-28(42)19-29(27)43)36(51)46-35-25(4)57-41(56)32-16-23(2)20-49(32)38(53)24(3)44-37(52)33-21-58-14-13-48(33)39(54)31-9-6-12-47(31)40(35)55/h5,7-8,10-11,15,19,23-25,30-33,35H,6,9,12-14,16-18,20-21H2,1-4H3,(H,44,52)(H,45,50)(H,46,51)/t23-,24+,25+,30+,31+,32+,33+,35+/m1/s1. The molecular formula is C41H50ClFN6O8S. The third kappa shape index (κ3) is 9.76. The maximum atomic E-state index is 14.7. The van der Waals surface area contributed by atoms with Gasteiger partial charge >= 0.3 is 5.97 Å². The van der Waals surface area contributed by atoms with Gasteiger partial charge in [-0.25, -0.2) is 9.18 Å². The Morgan fingerprint density at radius 1 is 0.966 bits per heavy atom. The first kappa shape index (κ1) is 42.9. The molecule has 3 N–H and O–H groups in total. The number of ether oxygens (including phenoxy) is 1. The Morgan fingerprint density at radius 3 is 2.47 bits per heavy atom. The Kier molecular flexibility index (Phi) is 13.7. The number of cyclic esters (lactones) is 1. The minimum Gasteiger partial charge on any atom is -0.458 e. The van der Waals surface area contributed by atoms with E-state index in [1.54, 1.807) is 19.1 Å². The van der Waals surface area contributed by atoms with Crippen molar-refractivity contribution in [2.75, 3.05) is 31.1 Å². The molecule has 4 saturated heterocycles. The summed E-state index contributed by atoms with van der Waals surface area (Å²) in [6.45, 7) is 7.40. The Morgan fingerprint density at radius 2 is 1.72 bits per heavy atom. The first-order chi connectivity index (χ1) is 27.6. The second-order valence-corrected chi connectivity index (χ2v) is 17.3. The summed E-state index contributed by atoms with van der Waals surface area (Å²) in [7, 11) is 0. The van der Waals surface area contributed by atoms with Crippen LogP contribution in [0.5, 0.6) is 0 Å². The first-order valence-corrected chi connectivity index (χ1v) is 21.2. The Balaban J connectivity index is 1.33. The number of halogens is 2. The Bertz CT molecular complexity index is 1950. The average molecular weight is 841 g/mol. The molecule has 2 aromatic rings. The quantitative estimate of drug-likeness (QED) is 0.353. The van der Waals surface area contributed by atoms with Gasteiger partial charge in [-0.05, 0) is 69.2 Å². The molecule has 0 aromatic heterocycles. The second kappa shape index (κ2) is 18.5. The van der Waals surface area contributed by atoms with Crippen molar-refractivity contribution in [3.05, 3.63) is 70.0 Å². The third-order valence-electron chi connectivity index (χ3n) is 11.2. The van der Waals surface area contributed by atoms with E-state index in [9.17, 15) is 38.0 Å². The summed E-state index contributed by atoms with van der Waals surface area (Å²) in [6.07, 6.45) is -0.670. The lowest BCUT2D eigenvalue weighted by atomic mass is 10.0. The van der Waals surface area contributed by atoms with Crippen molar-refractivity contribution < 1.29 is 42.7 Å². The number of nitrogens with zero attached hydrogens (tertiary/aromatic N) is 3. The molecule has 6 rings (SSSR count). The van der Waals surface area contributed by atoms with Crippen molar-refractivity contribution in [2.45, 2.75) is 102 Å². The Labute approximate surface area is 346 Å². The van der Waals surface area contributed by atoms with Gasteiger partial charge in [-0.15, -0.1) is 0 Å². The molecule has 17 heteroatoms. The van der Waals surface area contributed by atoms with Crippen LogP contribution in [-0.2, 0) is 51.1 Å². The summed E-state index contributed by atoms with van der Waals surface area (Å²) < 4.78 is 20.6. The highest BCUT2D eigenvalue weighted by Gasteiger charge is 2.47. The maximum Gasteiger partial charge on any atom is 0.329 e. The van der Waals surface area contributed by atoms with Crippen molar-refractivity contribution in [1.29, 1.82) is 0 Å². The van der Waals surface area contributed by atoms with Gasteiger partial charge in [0.2, 0.25) is 35.4 Å². The number of carbonyl (C=O) groups excluding carboxylic acids is 7. The SMILES string of the molecule is Cc1cccc(C[C@H](NC(=O)Cc2ccc(Cl)cc2F)C(=O)N[C@@H]2C(=O)N3CCC[C@H]3C(=O)N3CCSC[C@H]3C(=O)N[C@@H](C)C(=O)N3C[C@H](C)C[C@H]3C(=O)O[C@H]2C)c1. The maximum absolute atomic E-state index is 14.7. The van der Waals surface area contributed by atoms with Crippen molar-refractivity contribution in [2.24, 2.45) is 5.92 Å². The zero-order valence-electron chi connectivity index (χ0n) is 33.0. The normalized spacial score (nSPS) is 27.6. The van der Waals surface area contributed by atoms with Crippen LogP contribution in [0.4, 0.5) is 4.39 Å². The van der Waals surface area contributed by atoms with Crippen molar-refractivity contribution in [3.8, 4) is 0 Å². The fourth-order valence-electron chi connectivity index (χ4n) is 8.21. The van der Waals surface area contributed by atoms with E-state index in [1.807, 2.05) is 26.0 Å². The number of rotatable bonds is 7. The fourth-order valence-corrected chi connectivity index (χ4v) is 9.41. The van der Waals surface area contributed by atoms with Crippen LogP contribution in [0, 0.1) is 18.7 Å². The highest BCUT2D eigenvalue weighted by molar-refractivity contribution is 7.99. The smallest absolute Gasteiger partial charge is 0.329 e. The first-order valence-electron chi connectivity index (χ1n) is 19.7. The van der Waals surface area contributed by atoms with Gasteiger partial charge in [0.05, 0.1) is 6.42 Å². The molecule has 8 atom stereocenters. The second-order valence-electron chi connectivity index (χ2n) is 15.7. The number of fused-ring (bicyclic) bond motifs is 3. The summed E-state index contributed by atoms with van der Waals surface area (Å²) in [5.74, 6) is -4.26. The van der Waals surface area contributed by atoms with E-state index in [1.165, 1.54) is 45.5 Å². The lowest BCUT2D eigenvalue weighted by molar-refractivity contribution is -0.163. The summed E-state index contributed by atoms with van der Waals surface area (Å²) >= 11 is 7.41. The van der Waals surface area contributed by atoms with Gasteiger partial charge < -0.3 is 35.4 Å². The zero-order valence-corrected chi connectivity index (χ0v) is 34.6. The molecular weight excluding hydrogens is 791 g/mol. The van der Waals surface area contributed by atoms with Gasteiger partial charge in [-0.1, -0.05) is 54.4 Å². The van der Waals surface area contributed by atoms with Crippen LogP contribution in [0.15, 0.2) is 42.5 Å². The molecule has 58 heavy (non-hydrogen) atoms. The molecule has 0 unspecified atom stereocenters. The van der Waals surface area contributed by atoms with Crippen molar-refractivity contribution in [3.63, 3.8) is 0 Å². The van der Waals surface area contributed by atoms with Gasteiger partial charge in [-0.3, -0.25) is 28.8 Å². The van der Waals surface area contributed by atoms with Crippen LogP contribution < -0.4 is 16.0 Å². The number of aryl methyl sites for hydroxylation is 1. The van der Waals surface area contributed by atoms with Crippen molar-refractivity contribution >= 4 is 64.8 Å². The summed E-state index contributed by atoms with van der Waals surface area (Å²) in [5.41, 5.74) is 1.66. The van der Waals surface area contributed by atoms with Gasteiger partial charge in [0, 0.05) is 42.6 Å². The molecule has 2 aromatic carbocycles. The number of thioether (sulfide) groups is 1. The fraction of sp³-hybridized carbons (Fsp3) is 0.537. The van der Waals surface area contributed by atoms with E-state index < -0.39 is 96.0 Å². The minimum atomic E-state index is -1.53. The highest BCUT2D eigenvalue weighted by Crippen LogP contribution is 2.29. The molecule has 14 nitrogen and oxygen atoms in total. The Hall–Kier alpha value is -4.70. The number of amides is 6. The number of nitrogens with one attached hydrogen (secondary N) is 3. The molecule has 0 bridgehead atoms. The van der Waals surface area contributed by atoms with E-state index in [2.05, 4.69) is 16.0 Å². The molecule has 0 spiro atoms. The van der Waals surface area contributed by atoms with Crippen LogP contribution in [0.25, 0.3) is 0 Å². The molecule has 0 radical (unpaired) electrons. The predicted octanol–water partition coefficient (Wildman–Crippen LogP) is 2.16. The molecule has 4 heterocycles. The van der Waals surface area contributed by atoms with Crippen molar-refractivity contribution in [1.82, 2.24) is 30.7 Å². The molecule has 4 aliphatic rings. The number of benzene rings is 2. The van der Waals surface area contributed by atoms with Gasteiger partial charge in [0.1, 0.15) is 48.2 Å². The number of esters is 1. The van der Waals surface area contributed by atoms with Crippen LogP contribution >= 0.6 is 23.4 Å².